The zero-order valence-electron chi connectivity index (χ0n) is 15.3. The third-order valence-corrected chi connectivity index (χ3v) is 4.41. The van der Waals surface area contributed by atoms with Gasteiger partial charge in [0.15, 0.2) is 0 Å². The molecule has 2 N–H and O–H groups in total. The van der Waals surface area contributed by atoms with Gasteiger partial charge in [0.1, 0.15) is 12.2 Å². The summed E-state index contributed by atoms with van der Waals surface area (Å²) in [6.07, 6.45) is 6.22. The largest absolute Gasteiger partial charge is 0.328 e. The molecular formula is C19H24N6O. The summed E-state index contributed by atoms with van der Waals surface area (Å²) in [5.41, 5.74) is 2.81. The number of benzene rings is 1. The molecule has 7 nitrogen and oxygen atoms in total. The highest BCUT2D eigenvalue weighted by molar-refractivity contribution is 5.90. The number of rotatable bonds is 6. The summed E-state index contributed by atoms with van der Waals surface area (Å²) in [6.45, 7) is 6.72. The average Bonchev–Trinajstić information content (AvgIpc) is 3.33. The van der Waals surface area contributed by atoms with Gasteiger partial charge >= 0.3 is 6.03 Å². The van der Waals surface area contributed by atoms with Gasteiger partial charge in [-0.1, -0.05) is 13.0 Å². The molecule has 2 heterocycles. The number of anilines is 1. The maximum atomic E-state index is 12.5. The van der Waals surface area contributed by atoms with Crippen molar-refractivity contribution >= 4 is 11.7 Å². The summed E-state index contributed by atoms with van der Waals surface area (Å²) in [4.78, 5) is 16.8. The van der Waals surface area contributed by atoms with Crippen molar-refractivity contribution < 1.29 is 4.79 Å². The van der Waals surface area contributed by atoms with Crippen molar-refractivity contribution in [1.82, 2.24) is 24.6 Å². The van der Waals surface area contributed by atoms with Crippen LogP contribution in [0.25, 0.3) is 5.69 Å². The lowest BCUT2D eigenvalue weighted by molar-refractivity contribution is 0.247. The lowest BCUT2D eigenvalue weighted by Crippen LogP contribution is -2.34. The molecule has 2 amide bonds. The first-order chi connectivity index (χ1) is 12.6. The van der Waals surface area contributed by atoms with Gasteiger partial charge < -0.3 is 15.2 Å². The first kappa shape index (κ1) is 17.7. The van der Waals surface area contributed by atoms with E-state index in [-0.39, 0.29) is 12.1 Å². The Morgan fingerprint density at radius 3 is 2.65 bits per heavy atom. The van der Waals surface area contributed by atoms with E-state index >= 15 is 0 Å². The number of hydrogen-bond acceptors (Lipinski definition) is 3. The van der Waals surface area contributed by atoms with Crippen LogP contribution in [0.15, 0.2) is 49.1 Å². The van der Waals surface area contributed by atoms with Crippen molar-refractivity contribution in [2.24, 2.45) is 0 Å². The topological polar surface area (TPSA) is 76.8 Å². The molecule has 1 aromatic carbocycles. The lowest BCUT2D eigenvalue weighted by atomic mass is 10.1. The van der Waals surface area contributed by atoms with Gasteiger partial charge in [-0.25, -0.2) is 14.5 Å². The second-order valence-electron chi connectivity index (χ2n) is 6.03. The van der Waals surface area contributed by atoms with Gasteiger partial charge in [-0.2, -0.15) is 5.10 Å². The van der Waals surface area contributed by atoms with Gasteiger partial charge in [-0.05, 0) is 50.1 Å². The van der Waals surface area contributed by atoms with E-state index in [0.717, 1.165) is 29.2 Å². The summed E-state index contributed by atoms with van der Waals surface area (Å²) in [5.74, 6) is 0.767. The normalized spacial score (nSPS) is 12.0. The molecule has 0 radical (unpaired) electrons. The van der Waals surface area contributed by atoms with E-state index in [9.17, 15) is 4.79 Å². The summed E-state index contributed by atoms with van der Waals surface area (Å²) in [7, 11) is 0. The number of aryl methyl sites for hydroxylation is 1. The molecule has 7 heteroatoms. The van der Waals surface area contributed by atoms with Gasteiger partial charge in [0.05, 0.1) is 6.04 Å². The number of carbonyl (C=O) groups is 1. The lowest BCUT2D eigenvalue weighted by Gasteiger charge is -2.18. The monoisotopic (exact) mass is 352 g/mol. The SMILES string of the molecule is CC[C@H](NC(=O)Nc1cccc(-n2cccc2)c1C)c1ncnn1CC. The number of urea groups is 1. The number of nitrogens with one attached hydrogen (secondary N) is 2. The smallest absolute Gasteiger partial charge is 0.319 e. The van der Waals surface area contributed by atoms with Gasteiger partial charge in [0.25, 0.3) is 0 Å². The Morgan fingerprint density at radius 2 is 1.96 bits per heavy atom. The molecule has 3 aromatic rings. The van der Waals surface area contributed by atoms with Crippen LogP contribution in [-0.2, 0) is 6.54 Å². The minimum Gasteiger partial charge on any atom is -0.328 e. The minimum atomic E-state index is -0.254. The van der Waals surface area contributed by atoms with Crippen LogP contribution in [0.2, 0.25) is 0 Å². The number of aromatic nitrogens is 4. The van der Waals surface area contributed by atoms with Crippen LogP contribution in [0.3, 0.4) is 0 Å². The van der Waals surface area contributed by atoms with Crippen LogP contribution in [0, 0.1) is 6.92 Å². The second-order valence-corrected chi connectivity index (χ2v) is 6.03. The zero-order chi connectivity index (χ0) is 18.5. The molecule has 0 aliphatic heterocycles. The highest BCUT2D eigenvalue weighted by Crippen LogP contribution is 2.23. The fraction of sp³-hybridized carbons (Fsp3) is 0.316. The Balaban J connectivity index is 1.75. The molecular weight excluding hydrogens is 328 g/mol. The average molecular weight is 352 g/mol. The van der Waals surface area contributed by atoms with Crippen LogP contribution in [0.4, 0.5) is 10.5 Å². The van der Waals surface area contributed by atoms with Gasteiger partial charge in [-0.3, -0.25) is 0 Å². The maximum absolute atomic E-state index is 12.5. The highest BCUT2D eigenvalue weighted by Gasteiger charge is 2.18. The fourth-order valence-electron chi connectivity index (χ4n) is 2.99. The quantitative estimate of drug-likeness (QED) is 0.710. The van der Waals surface area contributed by atoms with Crippen LogP contribution in [-0.4, -0.2) is 25.4 Å². The van der Waals surface area contributed by atoms with Gasteiger partial charge in [-0.15, -0.1) is 0 Å². The Kier molecular flexibility index (Phi) is 5.36. The van der Waals surface area contributed by atoms with E-state index in [1.54, 1.807) is 4.68 Å². The van der Waals surface area contributed by atoms with Crippen molar-refractivity contribution in [2.45, 2.75) is 39.8 Å². The molecule has 0 aliphatic carbocycles. The van der Waals surface area contributed by atoms with Crippen LogP contribution >= 0.6 is 0 Å². The van der Waals surface area contributed by atoms with Crippen LogP contribution in [0.5, 0.6) is 0 Å². The number of hydrogen-bond donors (Lipinski definition) is 2. The number of amides is 2. The predicted octanol–water partition coefficient (Wildman–Crippen LogP) is 3.67. The van der Waals surface area contributed by atoms with Gasteiger partial charge in [0.2, 0.25) is 0 Å². The first-order valence-electron chi connectivity index (χ1n) is 8.82. The number of nitrogens with zero attached hydrogens (tertiary/aromatic N) is 4. The first-order valence-corrected chi connectivity index (χ1v) is 8.82. The molecule has 1 atom stereocenters. The molecule has 0 spiro atoms. The fourth-order valence-corrected chi connectivity index (χ4v) is 2.99. The molecule has 136 valence electrons. The van der Waals surface area contributed by atoms with Gasteiger partial charge in [0, 0.05) is 30.3 Å². The van der Waals surface area contributed by atoms with Crippen LogP contribution in [0.1, 0.15) is 37.7 Å². The van der Waals surface area contributed by atoms with E-state index < -0.39 is 0 Å². The molecule has 0 bridgehead atoms. The Hall–Kier alpha value is -3.09. The molecule has 0 unspecified atom stereocenters. The third kappa shape index (κ3) is 3.61. The molecule has 26 heavy (non-hydrogen) atoms. The predicted molar refractivity (Wildman–Crippen MR) is 101 cm³/mol. The maximum Gasteiger partial charge on any atom is 0.319 e. The number of carbonyl (C=O) groups excluding carboxylic acids is 1. The van der Waals surface area contributed by atoms with Crippen molar-refractivity contribution in [3.63, 3.8) is 0 Å². The molecule has 0 aliphatic rings. The molecule has 0 fully saturated rings. The molecule has 2 aromatic heterocycles. The summed E-state index contributed by atoms with van der Waals surface area (Å²) < 4.78 is 3.82. The van der Waals surface area contributed by atoms with E-state index in [0.29, 0.717) is 6.54 Å². The summed E-state index contributed by atoms with van der Waals surface area (Å²) in [6, 6.07) is 9.36. The standard InChI is InChI=1S/C19H24N6O/c1-4-15(18-20-13-21-25(18)5-2)22-19(26)23-16-9-8-10-17(14(16)3)24-11-6-7-12-24/h6-13,15H,4-5H2,1-3H3,(H2,22,23,26)/t15-/m0/s1. The van der Waals surface area contributed by atoms with Crippen LogP contribution < -0.4 is 10.6 Å². The highest BCUT2D eigenvalue weighted by atomic mass is 16.2. The summed E-state index contributed by atoms with van der Waals surface area (Å²) >= 11 is 0. The van der Waals surface area contributed by atoms with E-state index in [2.05, 4.69) is 20.7 Å². The van der Waals surface area contributed by atoms with Crippen molar-refractivity contribution in [2.75, 3.05) is 5.32 Å². The van der Waals surface area contributed by atoms with E-state index in [4.69, 9.17) is 0 Å². The zero-order valence-corrected chi connectivity index (χ0v) is 15.3. The minimum absolute atomic E-state index is 0.189. The van der Waals surface area contributed by atoms with E-state index in [1.807, 2.05) is 68.1 Å². The van der Waals surface area contributed by atoms with E-state index in [1.165, 1.54) is 6.33 Å². The molecule has 0 saturated carbocycles. The van der Waals surface area contributed by atoms with Crippen molar-refractivity contribution in [3.8, 4) is 5.69 Å². The molecule has 3 rings (SSSR count). The Bertz CT molecular complexity index is 868. The van der Waals surface area contributed by atoms with Crippen molar-refractivity contribution in [1.29, 1.82) is 0 Å². The second kappa shape index (κ2) is 7.86. The molecule has 0 saturated heterocycles. The Morgan fingerprint density at radius 1 is 1.19 bits per heavy atom. The third-order valence-electron chi connectivity index (χ3n) is 4.41. The summed E-state index contributed by atoms with van der Waals surface area (Å²) in [5, 5.41) is 10.1. The Labute approximate surface area is 153 Å². The van der Waals surface area contributed by atoms with Crippen molar-refractivity contribution in [3.05, 3.63) is 60.4 Å².